The fourth-order valence-electron chi connectivity index (χ4n) is 5.56. The van der Waals surface area contributed by atoms with Gasteiger partial charge in [0.2, 0.25) is 0 Å². The molecule has 0 aliphatic rings. The van der Waals surface area contributed by atoms with E-state index in [0.29, 0.717) is 12.3 Å². The molecule has 0 aliphatic carbocycles. The van der Waals surface area contributed by atoms with Crippen LogP contribution >= 0.6 is 11.3 Å². The maximum atomic E-state index is 13.1. The van der Waals surface area contributed by atoms with Gasteiger partial charge in [-0.25, -0.2) is 9.78 Å². The molecule has 0 bridgehead atoms. The predicted octanol–water partition coefficient (Wildman–Crippen LogP) is 8.82. The molecule has 8 nitrogen and oxygen atoms in total. The van der Waals surface area contributed by atoms with Gasteiger partial charge in [0.15, 0.2) is 17.4 Å². The van der Waals surface area contributed by atoms with Crippen LogP contribution in [0.5, 0.6) is 5.75 Å². The zero-order valence-corrected chi connectivity index (χ0v) is 29.0. The van der Waals surface area contributed by atoms with E-state index in [2.05, 4.69) is 42.9 Å². The number of rotatable bonds is 11. The zero-order valence-electron chi connectivity index (χ0n) is 28.2. The topological polar surface area (TPSA) is 92.8 Å². The Morgan fingerprint density at radius 3 is 2.44 bits per heavy atom. The predicted molar refractivity (Wildman–Crippen MR) is 188 cm³/mol. The molecule has 0 unspecified atom stereocenters. The van der Waals surface area contributed by atoms with E-state index in [1.54, 1.807) is 18.3 Å². The number of carbonyl (C=O) groups excluding carboxylic acids is 2. The first-order valence-corrected chi connectivity index (χ1v) is 16.9. The van der Waals surface area contributed by atoms with Crippen molar-refractivity contribution in [2.24, 2.45) is 0 Å². The maximum absolute atomic E-state index is 13.1. The van der Waals surface area contributed by atoms with E-state index >= 15 is 0 Å². The van der Waals surface area contributed by atoms with E-state index in [1.165, 1.54) is 0 Å². The third-order valence-corrected chi connectivity index (χ3v) is 9.18. The fraction of sp³-hybridized carbons (Fsp3) is 0.308. The average molecular weight is 665 g/mol. The average Bonchev–Trinajstić information content (AvgIpc) is 3.81. The minimum Gasteiger partial charge on any atom is -0.482 e. The van der Waals surface area contributed by atoms with Crippen molar-refractivity contribution in [2.75, 3.05) is 13.2 Å². The Balaban J connectivity index is 1.26. The first-order chi connectivity index (χ1) is 22.9. The van der Waals surface area contributed by atoms with Crippen LogP contribution in [-0.2, 0) is 43.0 Å². The van der Waals surface area contributed by atoms with E-state index in [-0.39, 0.29) is 31.2 Å². The van der Waals surface area contributed by atoms with Gasteiger partial charge in [-0.2, -0.15) is 0 Å². The minimum absolute atomic E-state index is 0.0323. The molecule has 9 heteroatoms. The van der Waals surface area contributed by atoms with Crippen LogP contribution in [0.1, 0.15) is 63.9 Å². The quantitative estimate of drug-likeness (QED) is 0.128. The highest BCUT2D eigenvalue weighted by Gasteiger charge is 2.34. The lowest BCUT2D eigenvalue weighted by molar-refractivity contribution is -0.149. The number of thiazole rings is 1. The summed E-state index contributed by atoms with van der Waals surface area (Å²) in [6.45, 7) is 12.8. The largest absolute Gasteiger partial charge is 0.482 e. The lowest BCUT2D eigenvalue weighted by Gasteiger charge is -2.22. The van der Waals surface area contributed by atoms with Gasteiger partial charge in [-0.1, -0.05) is 57.2 Å². The number of ether oxygens (including phenoxy) is 3. The zero-order chi connectivity index (χ0) is 34.1. The van der Waals surface area contributed by atoms with Crippen LogP contribution in [0.3, 0.4) is 0 Å². The molecule has 0 atom stereocenters. The molecule has 3 aromatic heterocycles. The molecule has 6 rings (SSSR count). The second-order valence-corrected chi connectivity index (χ2v) is 14.3. The molecule has 0 saturated carbocycles. The van der Waals surface area contributed by atoms with Gasteiger partial charge in [0.1, 0.15) is 17.9 Å². The molecule has 6 aromatic rings. The van der Waals surface area contributed by atoms with Crippen molar-refractivity contribution in [3.8, 4) is 16.5 Å². The molecule has 3 aromatic carbocycles. The minimum atomic E-state index is -0.935. The molecule has 0 aliphatic heterocycles. The number of fused-ring (bicyclic) bond motifs is 2. The summed E-state index contributed by atoms with van der Waals surface area (Å²) in [6.07, 6.45) is 2.01. The molecule has 48 heavy (non-hydrogen) atoms. The molecule has 0 spiro atoms. The Kier molecular flexibility index (Phi) is 9.16. The van der Waals surface area contributed by atoms with E-state index < -0.39 is 11.4 Å². The lowest BCUT2D eigenvalue weighted by Crippen LogP contribution is -2.31. The van der Waals surface area contributed by atoms with Gasteiger partial charge in [-0.15, -0.1) is 11.3 Å². The van der Waals surface area contributed by atoms with Gasteiger partial charge < -0.3 is 23.2 Å². The Labute approximate surface area is 284 Å². The summed E-state index contributed by atoms with van der Waals surface area (Å²) in [6, 6.07) is 23.4. The Morgan fingerprint density at radius 2 is 1.71 bits per heavy atom. The van der Waals surface area contributed by atoms with Gasteiger partial charge in [0, 0.05) is 39.8 Å². The first-order valence-electron chi connectivity index (χ1n) is 16.0. The molecule has 0 amide bonds. The Bertz CT molecular complexity index is 2080. The molecule has 0 radical (unpaired) electrons. The molecule has 0 saturated heterocycles. The van der Waals surface area contributed by atoms with E-state index in [9.17, 15) is 9.59 Å². The van der Waals surface area contributed by atoms with E-state index in [0.717, 1.165) is 55.0 Å². The van der Waals surface area contributed by atoms with Crippen LogP contribution < -0.4 is 4.74 Å². The van der Waals surface area contributed by atoms with Gasteiger partial charge in [0.05, 0.1) is 17.7 Å². The molecule has 3 heterocycles. The monoisotopic (exact) mass is 664 g/mol. The van der Waals surface area contributed by atoms with Crippen LogP contribution in [0, 0.1) is 0 Å². The van der Waals surface area contributed by atoms with Gasteiger partial charge in [-0.05, 0) is 73.9 Å². The van der Waals surface area contributed by atoms with Crippen molar-refractivity contribution in [3.63, 3.8) is 0 Å². The standard InChI is InChI=1S/C39H40N2O6S/c1-7-44-37(43)39(5,6)30-21-41(31-15-14-28(19-29(30)31)45-23-35(42)46-22-25-11-9-8-10-12-25)20-26-13-16-32-27(17-26)18-33(47-32)36-40-34(24-48-36)38(2,3)4/h8-19,21,24H,7,20,22-23H2,1-6H3. The van der Waals surface area contributed by atoms with E-state index in [4.69, 9.17) is 23.6 Å². The molecule has 0 N–H and O–H groups in total. The second-order valence-electron chi connectivity index (χ2n) is 13.4. The summed E-state index contributed by atoms with van der Waals surface area (Å²) >= 11 is 1.59. The highest BCUT2D eigenvalue weighted by molar-refractivity contribution is 7.13. The highest BCUT2D eigenvalue weighted by Crippen LogP contribution is 2.37. The third kappa shape index (κ3) is 7.01. The van der Waals surface area contributed by atoms with Crippen LogP contribution in [-0.4, -0.2) is 34.7 Å². The number of nitrogens with zero attached hydrogens (tertiary/aromatic N) is 2. The van der Waals surface area contributed by atoms with Gasteiger partial charge >= 0.3 is 11.9 Å². The van der Waals surface area contributed by atoms with Crippen molar-refractivity contribution in [1.29, 1.82) is 0 Å². The van der Waals surface area contributed by atoms with Gasteiger partial charge in [-0.3, -0.25) is 4.79 Å². The summed E-state index contributed by atoms with van der Waals surface area (Å²) < 4.78 is 25.0. The summed E-state index contributed by atoms with van der Waals surface area (Å²) in [7, 11) is 0. The molecular weight excluding hydrogens is 625 g/mol. The maximum Gasteiger partial charge on any atom is 0.344 e. The van der Waals surface area contributed by atoms with Crippen molar-refractivity contribution in [2.45, 2.75) is 65.5 Å². The van der Waals surface area contributed by atoms with Crippen LogP contribution in [0.2, 0.25) is 0 Å². The summed E-state index contributed by atoms with van der Waals surface area (Å²) in [4.78, 5) is 30.4. The third-order valence-electron chi connectivity index (χ3n) is 8.33. The van der Waals surface area contributed by atoms with Crippen LogP contribution in [0.4, 0.5) is 0 Å². The van der Waals surface area contributed by atoms with Crippen LogP contribution in [0.25, 0.3) is 32.6 Å². The molecular formula is C39H40N2O6S. The Morgan fingerprint density at radius 1 is 0.917 bits per heavy atom. The number of esters is 2. The van der Waals surface area contributed by atoms with Crippen molar-refractivity contribution in [1.82, 2.24) is 9.55 Å². The van der Waals surface area contributed by atoms with Crippen LogP contribution in [0.15, 0.2) is 88.8 Å². The normalized spacial score (nSPS) is 12.0. The number of furan rings is 1. The number of hydrogen-bond donors (Lipinski definition) is 0. The van der Waals surface area contributed by atoms with E-state index in [1.807, 2.05) is 80.7 Å². The molecule has 0 fully saturated rings. The summed E-state index contributed by atoms with van der Waals surface area (Å²) in [5.41, 5.74) is 4.58. The number of carbonyl (C=O) groups is 2. The second kappa shape index (κ2) is 13.3. The van der Waals surface area contributed by atoms with Crippen molar-refractivity contribution >= 4 is 45.1 Å². The number of aromatic nitrogens is 2. The summed E-state index contributed by atoms with van der Waals surface area (Å²) in [5.74, 6) is 0.473. The first kappa shape index (κ1) is 33.0. The van der Waals surface area contributed by atoms with Crippen molar-refractivity contribution < 1.29 is 28.2 Å². The SMILES string of the molecule is CCOC(=O)C(C)(C)c1cn(Cc2ccc3oc(-c4nc(C(C)(C)C)cs4)cc3c2)c2ccc(OCC(=O)OCc3ccccc3)cc12. The molecule has 248 valence electrons. The lowest BCUT2D eigenvalue weighted by atomic mass is 9.84. The van der Waals surface area contributed by atoms with Crippen molar-refractivity contribution in [3.05, 3.63) is 107 Å². The fourth-order valence-corrected chi connectivity index (χ4v) is 6.56. The Hall–Kier alpha value is -4.89. The summed E-state index contributed by atoms with van der Waals surface area (Å²) in [5, 5.41) is 4.79. The highest BCUT2D eigenvalue weighted by atomic mass is 32.1. The number of benzene rings is 3. The van der Waals surface area contributed by atoms with Gasteiger partial charge in [0.25, 0.3) is 0 Å². The number of hydrogen-bond acceptors (Lipinski definition) is 8. The smallest absolute Gasteiger partial charge is 0.344 e.